The lowest BCUT2D eigenvalue weighted by atomic mass is 9.94. The summed E-state index contributed by atoms with van der Waals surface area (Å²) in [6.07, 6.45) is 2.89. The fourth-order valence-electron chi connectivity index (χ4n) is 3.53. The number of nitrogens with one attached hydrogen (secondary N) is 1. The van der Waals surface area contributed by atoms with Crippen molar-refractivity contribution in [3.05, 3.63) is 60.2 Å². The Balaban J connectivity index is 1.60. The Morgan fingerprint density at radius 1 is 1.08 bits per heavy atom. The number of carbonyl (C=O) groups excluding carboxylic acids is 1. The highest BCUT2D eigenvalue weighted by molar-refractivity contribution is 5.93. The zero-order valence-electron chi connectivity index (χ0n) is 15.2. The van der Waals surface area contributed by atoms with Crippen LogP contribution in [0.5, 0.6) is 0 Å². The zero-order chi connectivity index (χ0) is 17.6. The number of anilines is 2. The van der Waals surface area contributed by atoms with E-state index in [9.17, 15) is 4.79 Å². The fraction of sp³-hybridized carbons (Fsp3) is 0.409. The van der Waals surface area contributed by atoms with Crippen LogP contribution in [0.3, 0.4) is 0 Å². The topological polar surface area (TPSA) is 32.3 Å². The van der Waals surface area contributed by atoms with Crippen LogP contribution >= 0.6 is 0 Å². The maximum Gasteiger partial charge on any atom is 0.227 e. The molecule has 1 fully saturated rings. The third-order valence-electron chi connectivity index (χ3n) is 5.35. The Morgan fingerprint density at radius 3 is 2.40 bits per heavy atom. The summed E-state index contributed by atoms with van der Waals surface area (Å²) in [7, 11) is 0. The van der Waals surface area contributed by atoms with Gasteiger partial charge in [-0.2, -0.15) is 0 Å². The molecule has 1 N–H and O–H groups in total. The normalized spacial score (nSPS) is 16.5. The lowest BCUT2D eigenvalue weighted by Crippen LogP contribution is -2.38. The SMILES string of the molecule is CCC(C)c1ccccc1NC(=O)C1CCN(c2ccccc2)CC1. The van der Waals surface area contributed by atoms with Crippen LogP contribution in [0.1, 0.15) is 44.6 Å². The van der Waals surface area contributed by atoms with Gasteiger partial charge in [0.15, 0.2) is 0 Å². The number of amides is 1. The lowest BCUT2D eigenvalue weighted by molar-refractivity contribution is -0.120. The van der Waals surface area contributed by atoms with Gasteiger partial charge in [-0.3, -0.25) is 4.79 Å². The maximum absolute atomic E-state index is 12.7. The Kier molecular flexibility index (Phi) is 5.75. The van der Waals surface area contributed by atoms with Gasteiger partial charge < -0.3 is 10.2 Å². The second-order valence-electron chi connectivity index (χ2n) is 6.98. The minimum absolute atomic E-state index is 0.102. The number of rotatable bonds is 5. The monoisotopic (exact) mass is 336 g/mol. The molecule has 0 radical (unpaired) electrons. The van der Waals surface area contributed by atoms with E-state index >= 15 is 0 Å². The summed E-state index contributed by atoms with van der Waals surface area (Å²) in [5, 5.41) is 3.19. The third kappa shape index (κ3) is 4.22. The summed E-state index contributed by atoms with van der Waals surface area (Å²) in [5.41, 5.74) is 3.47. The molecule has 1 amide bonds. The van der Waals surface area contributed by atoms with Crippen molar-refractivity contribution >= 4 is 17.3 Å². The summed E-state index contributed by atoms with van der Waals surface area (Å²) in [6, 6.07) is 18.7. The van der Waals surface area contributed by atoms with Crippen molar-refractivity contribution in [2.45, 2.75) is 39.0 Å². The van der Waals surface area contributed by atoms with Gasteiger partial charge in [-0.05, 0) is 48.9 Å². The minimum Gasteiger partial charge on any atom is -0.371 e. The van der Waals surface area contributed by atoms with E-state index in [1.807, 2.05) is 18.2 Å². The van der Waals surface area contributed by atoms with Crippen molar-refractivity contribution < 1.29 is 4.79 Å². The van der Waals surface area contributed by atoms with Gasteiger partial charge in [0.2, 0.25) is 5.91 Å². The molecule has 25 heavy (non-hydrogen) atoms. The van der Waals surface area contributed by atoms with E-state index in [-0.39, 0.29) is 11.8 Å². The van der Waals surface area contributed by atoms with E-state index in [1.54, 1.807) is 0 Å². The first-order valence-corrected chi connectivity index (χ1v) is 9.38. The van der Waals surface area contributed by atoms with Crippen molar-refractivity contribution in [3.63, 3.8) is 0 Å². The average molecular weight is 336 g/mol. The first kappa shape index (κ1) is 17.5. The zero-order valence-corrected chi connectivity index (χ0v) is 15.2. The average Bonchev–Trinajstić information content (AvgIpc) is 2.68. The van der Waals surface area contributed by atoms with Crippen LogP contribution < -0.4 is 10.2 Å². The molecule has 3 nitrogen and oxygen atoms in total. The summed E-state index contributed by atoms with van der Waals surface area (Å²) in [5.74, 6) is 0.727. The van der Waals surface area contributed by atoms with Gasteiger partial charge in [0.05, 0.1) is 0 Å². The van der Waals surface area contributed by atoms with Crippen LogP contribution in [0.15, 0.2) is 54.6 Å². The van der Waals surface area contributed by atoms with Crippen molar-refractivity contribution in [2.24, 2.45) is 5.92 Å². The molecular formula is C22H28N2O. The van der Waals surface area contributed by atoms with Gasteiger partial charge in [0.1, 0.15) is 0 Å². The number of benzene rings is 2. The van der Waals surface area contributed by atoms with Gasteiger partial charge in [0.25, 0.3) is 0 Å². The first-order valence-electron chi connectivity index (χ1n) is 9.38. The second kappa shape index (κ2) is 8.19. The van der Waals surface area contributed by atoms with Crippen molar-refractivity contribution in [1.29, 1.82) is 0 Å². The molecule has 2 aromatic rings. The maximum atomic E-state index is 12.7. The van der Waals surface area contributed by atoms with Crippen LogP contribution in [0, 0.1) is 5.92 Å². The van der Waals surface area contributed by atoms with Crippen LogP contribution in [0.25, 0.3) is 0 Å². The summed E-state index contributed by atoms with van der Waals surface area (Å²) in [6.45, 7) is 6.27. The van der Waals surface area contributed by atoms with E-state index in [0.29, 0.717) is 5.92 Å². The van der Waals surface area contributed by atoms with E-state index in [1.165, 1.54) is 11.3 Å². The molecule has 0 saturated carbocycles. The molecule has 132 valence electrons. The minimum atomic E-state index is 0.102. The Morgan fingerprint density at radius 2 is 1.72 bits per heavy atom. The van der Waals surface area contributed by atoms with Crippen LogP contribution in [-0.4, -0.2) is 19.0 Å². The van der Waals surface area contributed by atoms with Crippen molar-refractivity contribution in [1.82, 2.24) is 0 Å². The molecule has 1 unspecified atom stereocenters. The van der Waals surface area contributed by atoms with Gasteiger partial charge in [-0.25, -0.2) is 0 Å². The molecule has 0 aliphatic carbocycles. The van der Waals surface area contributed by atoms with Gasteiger partial charge >= 0.3 is 0 Å². The standard InChI is InChI=1S/C22H28N2O/c1-3-17(2)20-11-7-8-12-21(20)23-22(25)18-13-15-24(16-14-18)19-9-5-4-6-10-19/h4-12,17-18H,3,13-16H2,1-2H3,(H,23,25). The van der Waals surface area contributed by atoms with E-state index in [0.717, 1.165) is 38.0 Å². The van der Waals surface area contributed by atoms with Crippen molar-refractivity contribution in [3.8, 4) is 0 Å². The van der Waals surface area contributed by atoms with Gasteiger partial charge in [-0.15, -0.1) is 0 Å². The molecule has 3 heteroatoms. The molecular weight excluding hydrogens is 308 g/mol. The van der Waals surface area contributed by atoms with E-state index in [2.05, 4.69) is 60.5 Å². The number of piperidine rings is 1. The molecule has 2 aromatic carbocycles. The van der Waals surface area contributed by atoms with Crippen LogP contribution in [-0.2, 0) is 4.79 Å². The summed E-state index contributed by atoms with van der Waals surface area (Å²) in [4.78, 5) is 15.1. The molecule has 0 bridgehead atoms. The first-order chi connectivity index (χ1) is 12.2. The summed E-state index contributed by atoms with van der Waals surface area (Å²) >= 11 is 0. The molecule has 0 aromatic heterocycles. The molecule has 1 aliphatic heterocycles. The van der Waals surface area contributed by atoms with E-state index in [4.69, 9.17) is 0 Å². The molecule has 1 saturated heterocycles. The largest absolute Gasteiger partial charge is 0.371 e. The Bertz CT molecular complexity index is 690. The highest BCUT2D eigenvalue weighted by atomic mass is 16.1. The van der Waals surface area contributed by atoms with Gasteiger partial charge in [-0.1, -0.05) is 50.2 Å². The third-order valence-corrected chi connectivity index (χ3v) is 5.35. The smallest absolute Gasteiger partial charge is 0.227 e. The quantitative estimate of drug-likeness (QED) is 0.828. The second-order valence-corrected chi connectivity index (χ2v) is 6.98. The lowest BCUT2D eigenvalue weighted by Gasteiger charge is -2.33. The number of nitrogens with zero attached hydrogens (tertiary/aromatic N) is 1. The number of hydrogen-bond donors (Lipinski definition) is 1. The molecule has 1 aliphatic rings. The highest BCUT2D eigenvalue weighted by Gasteiger charge is 2.25. The number of carbonyl (C=O) groups is 1. The Labute approximate surface area is 151 Å². The van der Waals surface area contributed by atoms with Crippen LogP contribution in [0.4, 0.5) is 11.4 Å². The molecule has 3 rings (SSSR count). The number of hydrogen-bond acceptors (Lipinski definition) is 2. The molecule has 1 atom stereocenters. The van der Waals surface area contributed by atoms with Gasteiger partial charge in [0, 0.05) is 30.4 Å². The van der Waals surface area contributed by atoms with E-state index < -0.39 is 0 Å². The molecule has 0 spiro atoms. The summed E-state index contributed by atoms with van der Waals surface area (Å²) < 4.78 is 0. The predicted molar refractivity (Wildman–Crippen MR) is 105 cm³/mol. The highest BCUT2D eigenvalue weighted by Crippen LogP contribution is 2.28. The van der Waals surface area contributed by atoms with Crippen molar-refractivity contribution in [2.75, 3.05) is 23.3 Å². The fourth-order valence-corrected chi connectivity index (χ4v) is 3.53. The Hall–Kier alpha value is -2.29. The predicted octanol–water partition coefficient (Wildman–Crippen LogP) is 5.06. The van der Waals surface area contributed by atoms with Crippen LogP contribution in [0.2, 0.25) is 0 Å². The number of para-hydroxylation sites is 2. The molecule has 1 heterocycles.